The number of allylic oxidation sites excluding steroid dienone is 1. The first-order chi connectivity index (χ1) is 16.7. The number of aliphatic hydroxyl groups is 1. The number of aromatic hydroxyl groups is 1. The zero-order valence-corrected chi connectivity index (χ0v) is 20.0. The molecule has 178 valence electrons. The molecule has 0 fully saturated rings. The molecule has 1 aromatic heterocycles. The van der Waals surface area contributed by atoms with E-state index in [9.17, 15) is 24.6 Å². The number of thiazole rings is 1. The molecule has 0 aliphatic carbocycles. The highest BCUT2D eigenvalue weighted by Crippen LogP contribution is 2.44. The number of Topliss-reactive ketones (excluding diaryl/α,β-unsaturated/α-hetero) is 1. The molecule has 2 N–H and O–H groups in total. The Kier molecular flexibility index (Phi) is 6.52. The Balaban J connectivity index is 1.84. The number of phenols is 1. The fraction of sp³-hybridized carbons (Fsp3) is 0.154. The lowest BCUT2D eigenvalue weighted by atomic mass is 9.95. The van der Waals surface area contributed by atoms with Gasteiger partial charge in [0.05, 0.1) is 29.3 Å². The maximum atomic E-state index is 13.3. The van der Waals surface area contributed by atoms with Gasteiger partial charge in [0.15, 0.2) is 34.0 Å². The highest BCUT2D eigenvalue weighted by Gasteiger charge is 2.45. The first-order valence-corrected chi connectivity index (χ1v) is 11.4. The van der Waals surface area contributed by atoms with E-state index in [1.54, 1.807) is 13.0 Å². The van der Waals surface area contributed by atoms with Crippen molar-refractivity contribution in [3.8, 4) is 11.5 Å². The average Bonchev–Trinajstić information content (AvgIpc) is 3.35. The predicted molar refractivity (Wildman–Crippen MR) is 132 cm³/mol. The highest BCUT2D eigenvalue weighted by molar-refractivity contribution is 7.17. The van der Waals surface area contributed by atoms with Crippen LogP contribution in [-0.4, -0.2) is 39.8 Å². The molecule has 9 heteroatoms. The molecular weight excluding hydrogens is 468 g/mol. The van der Waals surface area contributed by atoms with Crippen molar-refractivity contribution in [1.29, 1.82) is 0 Å². The van der Waals surface area contributed by atoms with E-state index in [1.165, 1.54) is 43.2 Å². The quantitative estimate of drug-likeness (QED) is 0.369. The van der Waals surface area contributed by atoms with Crippen LogP contribution in [0.1, 0.15) is 39.5 Å². The Hall–Kier alpha value is -4.24. The number of phenolic OH excluding ortho intramolecular Hbond substituents is 1. The van der Waals surface area contributed by atoms with Gasteiger partial charge in [-0.15, -0.1) is 0 Å². The maximum absolute atomic E-state index is 13.3. The Morgan fingerprint density at radius 2 is 1.86 bits per heavy atom. The highest BCUT2D eigenvalue weighted by atomic mass is 32.1. The summed E-state index contributed by atoms with van der Waals surface area (Å²) in [6.45, 7) is 3.05. The van der Waals surface area contributed by atoms with Gasteiger partial charge in [0.1, 0.15) is 0 Å². The van der Waals surface area contributed by atoms with Crippen molar-refractivity contribution in [2.75, 3.05) is 12.0 Å². The van der Waals surface area contributed by atoms with Crippen LogP contribution in [0.4, 0.5) is 5.13 Å². The van der Waals surface area contributed by atoms with E-state index in [4.69, 9.17) is 4.74 Å². The Bertz CT molecular complexity index is 1390. The standard InChI is InChI=1S/C26H22N2O6S/c1-14-24(15(2)29)35-26(27-14)28-22(17-10-12-18(30)20(13-17)34-3)21(23(32)25(28)33)19(31)11-9-16-7-5-4-6-8-16/h4-13,22,30,32H,1-3H3/b11-9+. The van der Waals surface area contributed by atoms with Crippen molar-refractivity contribution in [3.05, 3.63) is 87.6 Å². The number of methoxy groups -OCH3 is 1. The van der Waals surface area contributed by atoms with Gasteiger partial charge in [0.2, 0.25) is 0 Å². The molecule has 2 heterocycles. The summed E-state index contributed by atoms with van der Waals surface area (Å²) in [7, 11) is 1.38. The van der Waals surface area contributed by atoms with Gasteiger partial charge in [-0.2, -0.15) is 0 Å². The number of amides is 1. The van der Waals surface area contributed by atoms with Gasteiger partial charge < -0.3 is 14.9 Å². The summed E-state index contributed by atoms with van der Waals surface area (Å²) in [6.07, 6.45) is 2.88. The number of carbonyl (C=O) groups is 3. The summed E-state index contributed by atoms with van der Waals surface area (Å²) in [5.74, 6) is -2.29. The SMILES string of the molecule is COc1cc(C2C(C(=O)/C=C/c3ccccc3)=C(O)C(=O)N2c2nc(C)c(C(C)=O)s2)ccc1O. The molecule has 1 amide bonds. The topological polar surface area (TPSA) is 117 Å². The Morgan fingerprint density at radius 1 is 1.14 bits per heavy atom. The van der Waals surface area contributed by atoms with Gasteiger partial charge in [-0.3, -0.25) is 19.3 Å². The van der Waals surface area contributed by atoms with Gasteiger partial charge in [0.25, 0.3) is 5.91 Å². The van der Waals surface area contributed by atoms with Crippen LogP contribution >= 0.6 is 11.3 Å². The smallest absolute Gasteiger partial charge is 0.296 e. The van der Waals surface area contributed by atoms with Crippen LogP contribution in [-0.2, 0) is 9.59 Å². The summed E-state index contributed by atoms with van der Waals surface area (Å²) in [6, 6.07) is 12.5. The number of anilines is 1. The monoisotopic (exact) mass is 490 g/mol. The second-order valence-corrected chi connectivity index (χ2v) is 8.82. The Morgan fingerprint density at radius 3 is 2.49 bits per heavy atom. The molecule has 1 aliphatic heterocycles. The van der Waals surface area contributed by atoms with Gasteiger partial charge in [-0.05, 0) is 36.3 Å². The summed E-state index contributed by atoms with van der Waals surface area (Å²) in [5.41, 5.74) is 1.47. The molecule has 0 saturated carbocycles. The zero-order chi connectivity index (χ0) is 25.3. The molecule has 4 rings (SSSR count). The summed E-state index contributed by atoms with van der Waals surface area (Å²) < 4.78 is 5.21. The third kappa shape index (κ3) is 4.45. The summed E-state index contributed by atoms with van der Waals surface area (Å²) >= 11 is 1.00. The maximum Gasteiger partial charge on any atom is 0.296 e. The van der Waals surface area contributed by atoms with E-state index in [0.29, 0.717) is 16.1 Å². The van der Waals surface area contributed by atoms with Gasteiger partial charge in [-0.1, -0.05) is 53.8 Å². The van der Waals surface area contributed by atoms with E-state index in [2.05, 4.69) is 4.98 Å². The number of hydrogen-bond acceptors (Lipinski definition) is 8. The molecular formula is C26H22N2O6S. The molecule has 0 saturated heterocycles. The van der Waals surface area contributed by atoms with Crippen LogP contribution in [0, 0.1) is 6.92 Å². The molecule has 2 aromatic carbocycles. The van der Waals surface area contributed by atoms with Crippen LogP contribution in [0.25, 0.3) is 6.08 Å². The molecule has 35 heavy (non-hydrogen) atoms. The van der Waals surface area contributed by atoms with Crippen molar-refractivity contribution < 1.29 is 29.3 Å². The van der Waals surface area contributed by atoms with Crippen molar-refractivity contribution in [3.63, 3.8) is 0 Å². The van der Waals surface area contributed by atoms with Crippen LogP contribution < -0.4 is 9.64 Å². The number of nitrogens with zero attached hydrogens (tertiary/aromatic N) is 2. The fourth-order valence-corrected chi connectivity index (χ4v) is 4.86. The molecule has 8 nitrogen and oxygen atoms in total. The fourth-order valence-electron chi connectivity index (χ4n) is 3.87. The van der Waals surface area contributed by atoms with Crippen LogP contribution in [0.2, 0.25) is 0 Å². The molecule has 0 bridgehead atoms. The van der Waals surface area contributed by atoms with Crippen molar-refractivity contribution >= 4 is 40.0 Å². The van der Waals surface area contributed by atoms with Crippen molar-refractivity contribution in [2.45, 2.75) is 19.9 Å². The number of ketones is 2. The molecule has 1 aliphatic rings. The minimum atomic E-state index is -1.06. The van der Waals surface area contributed by atoms with Crippen molar-refractivity contribution in [2.24, 2.45) is 0 Å². The van der Waals surface area contributed by atoms with Crippen LogP contribution in [0.3, 0.4) is 0 Å². The van der Waals surface area contributed by atoms with Crippen molar-refractivity contribution in [1.82, 2.24) is 4.98 Å². The first kappa shape index (κ1) is 23.9. The van der Waals surface area contributed by atoms with Crippen LogP contribution in [0.15, 0.2) is 65.9 Å². The number of benzene rings is 2. The molecule has 3 aromatic rings. The number of rotatable bonds is 7. The van der Waals surface area contributed by atoms with E-state index < -0.39 is 23.5 Å². The van der Waals surface area contributed by atoms with Gasteiger partial charge >= 0.3 is 0 Å². The molecule has 1 atom stereocenters. The Labute approximate surface area is 205 Å². The van der Waals surface area contributed by atoms with E-state index >= 15 is 0 Å². The largest absolute Gasteiger partial charge is 0.504 e. The lowest BCUT2D eigenvalue weighted by molar-refractivity contribution is -0.117. The number of aliphatic hydroxyl groups excluding tert-OH is 1. The minimum absolute atomic E-state index is 0.124. The van der Waals surface area contributed by atoms with E-state index in [-0.39, 0.29) is 28.0 Å². The van der Waals surface area contributed by atoms with E-state index in [0.717, 1.165) is 16.9 Å². The number of carbonyl (C=O) groups excluding carboxylic acids is 3. The number of aryl methyl sites for hydroxylation is 1. The molecule has 0 spiro atoms. The number of aromatic nitrogens is 1. The summed E-state index contributed by atoms with van der Waals surface area (Å²) in [4.78, 5) is 44.5. The number of ether oxygens (including phenoxy) is 1. The molecule has 0 radical (unpaired) electrons. The second-order valence-electron chi connectivity index (χ2n) is 7.85. The lowest BCUT2D eigenvalue weighted by Crippen LogP contribution is -2.30. The second kappa shape index (κ2) is 9.55. The zero-order valence-electron chi connectivity index (χ0n) is 19.2. The lowest BCUT2D eigenvalue weighted by Gasteiger charge is -2.24. The molecule has 1 unspecified atom stereocenters. The average molecular weight is 491 g/mol. The predicted octanol–water partition coefficient (Wildman–Crippen LogP) is 4.55. The normalized spacial score (nSPS) is 15.8. The van der Waals surface area contributed by atoms with Crippen LogP contribution in [0.5, 0.6) is 11.5 Å². The minimum Gasteiger partial charge on any atom is -0.504 e. The first-order valence-electron chi connectivity index (χ1n) is 10.6. The van der Waals surface area contributed by atoms with Gasteiger partial charge in [0, 0.05) is 6.92 Å². The number of hydrogen-bond donors (Lipinski definition) is 2. The third-order valence-corrected chi connectivity index (χ3v) is 6.79. The van der Waals surface area contributed by atoms with E-state index in [1.807, 2.05) is 30.3 Å². The third-order valence-electron chi connectivity index (χ3n) is 5.53. The summed E-state index contributed by atoms with van der Waals surface area (Å²) in [5, 5.41) is 21.0. The van der Waals surface area contributed by atoms with Gasteiger partial charge in [-0.25, -0.2) is 4.98 Å².